The molecule has 0 heterocycles. The lowest BCUT2D eigenvalue weighted by Gasteiger charge is -2.40. The number of amides is 3. The summed E-state index contributed by atoms with van der Waals surface area (Å²) >= 11 is 0. The van der Waals surface area contributed by atoms with Crippen LogP contribution in [0, 0.1) is 5.92 Å². The second kappa shape index (κ2) is 14.0. The van der Waals surface area contributed by atoms with Crippen LogP contribution in [0.15, 0.2) is 0 Å². The maximum absolute atomic E-state index is 13.2. The van der Waals surface area contributed by atoms with Crippen LogP contribution in [-0.4, -0.2) is 67.6 Å². The Labute approximate surface area is 217 Å². The van der Waals surface area contributed by atoms with Crippen LogP contribution >= 0.6 is 0 Å². The highest BCUT2D eigenvalue weighted by Crippen LogP contribution is 2.37. The van der Waals surface area contributed by atoms with Gasteiger partial charge in [0.2, 0.25) is 11.8 Å². The molecular weight excluding hydrogens is 482 g/mol. The second-order valence-electron chi connectivity index (χ2n) is 12.0. The van der Waals surface area contributed by atoms with Crippen LogP contribution in [0.5, 0.6) is 0 Å². The molecule has 36 heavy (non-hydrogen) atoms. The van der Waals surface area contributed by atoms with E-state index in [9.17, 15) is 24.3 Å². The van der Waals surface area contributed by atoms with E-state index in [0.717, 1.165) is 0 Å². The Morgan fingerprint density at radius 2 is 1.44 bits per heavy atom. The van der Waals surface area contributed by atoms with E-state index in [4.69, 9.17) is 9.16 Å². The average Bonchev–Trinajstić information content (AvgIpc) is 2.67. The van der Waals surface area contributed by atoms with Crippen molar-refractivity contribution < 1.29 is 33.4 Å². The van der Waals surface area contributed by atoms with Crippen LogP contribution in [0.25, 0.3) is 0 Å². The van der Waals surface area contributed by atoms with E-state index in [1.54, 1.807) is 41.5 Å². The first-order valence-electron chi connectivity index (χ1n) is 12.7. The third kappa shape index (κ3) is 12.7. The van der Waals surface area contributed by atoms with Gasteiger partial charge < -0.3 is 30.2 Å². The number of rotatable bonds is 13. The van der Waals surface area contributed by atoms with Crippen LogP contribution in [0.1, 0.15) is 81.6 Å². The molecule has 210 valence electrons. The standard InChI is InChI=1S/C25H49N3O7Si/c1-16(2)20(29)28-19(17(3)35-36(10,11)25(7,8)9)21(30)27-18(22(31)32)14-12-13-15-26-23(33)34-24(4,5)6/h16-19H,12-15H2,1-11H3,(H,26,33)(H,27,30)(H,28,29)(H,31,32)/t17-,18?,19+/m1/s1. The lowest BCUT2D eigenvalue weighted by atomic mass is 10.1. The van der Waals surface area contributed by atoms with Crippen LogP contribution in [-0.2, 0) is 23.5 Å². The molecule has 0 rings (SSSR count). The van der Waals surface area contributed by atoms with E-state index < -0.39 is 50.1 Å². The molecule has 1 unspecified atom stereocenters. The third-order valence-corrected chi connectivity index (χ3v) is 10.6. The van der Waals surface area contributed by atoms with Crippen molar-refractivity contribution in [3.05, 3.63) is 0 Å². The number of carbonyl (C=O) groups excluding carboxylic acids is 3. The fourth-order valence-corrected chi connectivity index (χ4v) is 4.34. The van der Waals surface area contributed by atoms with E-state index in [0.29, 0.717) is 19.4 Å². The number of carbonyl (C=O) groups is 4. The van der Waals surface area contributed by atoms with Crippen LogP contribution in [0.2, 0.25) is 18.1 Å². The van der Waals surface area contributed by atoms with Crippen molar-refractivity contribution in [1.29, 1.82) is 0 Å². The molecule has 0 aliphatic carbocycles. The molecule has 10 nitrogen and oxygen atoms in total. The first kappa shape index (κ1) is 33.9. The summed E-state index contributed by atoms with van der Waals surface area (Å²) in [5, 5.41) is 17.5. The van der Waals surface area contributed by atoms with Crippen molar-refractivity contribution in [2.75, 3.05) is 6.54 Å². The van der Waals surface area contributed by atoms with Crippen molar-refractivity contribution in [3.8, 4) is 0 Å². The van der Waals surface area contributed by atoms with Crippen LogP contribution < -0.4 is 16.0 Å². The highest BCUT2D eigenvalue weighted by atomic mass is 28.4. The van der Waals surface area contributed by atoms with Gasteiger partial charge in [0.15, 0.2) is 8.32 Å². The topological polar surface area (TPSA) is 143 Å². The van der Waals surface area contributed by atoms with E-state index >= 15 is 0 Å². The molecule has 0 fully saturated rings. The maximum Gasteiger partial charge on any atom is 0.407 e. The lowest BCUT2D eigenvalue weighted by Crippen LogP contribution is -2.59. The summed E-state index contributed by atoms with van der Waals surface area (Å²) in [5.74, 6) is -2.45. The Morgan fingerprint density at radius 1 is 0.889 bits per heavy atom. The van der Waals surface area contributed by atoms with Gasteiger partial charge >= 0.3 is 12.1 Å². The monoisotopic (exact) mass is 531 g/mol. The summed E-state index contributed by atoms with van der Waals surface area (Å²) in [6.07, 6.45) is -0.0610. The van der Waals surface area contributed by atoms with Gasteiger partial charge in [0, 0.05) is 12.5 Å². The van der Waals surface area contributed by atoms with Crippen molar-refractivity contribution >= 4 is 32.2 Å². The van der Waals surface area contributed by atoms with Crippen LogP contribution in [0.4, 0.5) is 4.79 Å². The fraction of sp³-hybridized carbons (Fsp3) is 0.840. The van der Waals surface area contributed by atoms with Gasteiger partial charge in [0.1, 0.15) is 17.7 Å². The number of alkyl carbamates (subject to hydrolysis) is 1. The number of carboxylic acid groups (broad SMARTS) is 1. The maximum atomic E-state index is 13.2. The molecule has 0 aromatic carbocycles. The number of carboxylic acids is 1. The van der Waals surface area contributed by atoms with E-state index in [2.05, 4.69) is 36.7 Å². The van der Waals surface area contributed by atoms with Crippen molar-refractivity contribution in [2.45, 2.75) is 123 Å². The number of aliphatic carboxylic acids is 1. The Kier molecular flexibility index (Phi) is 13.1. The first-order chi connectivity index (χ1) is 16.2. The average molecular weight is 532 g/mol. The van der Waals surface area contributed by atoms with E-state index in [-0.39, 0.29) is 23.3 Å². The Hall–Kier alpha value is -2.14. The van der Waals surface area contributed by atoms with Gasteiger partial charge in [-0.2, -0.15) is 0 Å². The van der Waals surface area contributed by atoms with Gasteiger partial charge in [-0.25, -0.2) is 9.59 Å². The molecule has 0 aliphatic heterocycles. The second-order valence-corrected chi connectivity index (χ2v) is 16.8. The zero-order valence-corrected chi connectivity index (χ0v) is 25.0. The van der Waals surface area contributed by atoms with Crippen molar-refractivity contribution in [1.82, 2.24) is 16.0 Å². The number of ether oxygens (including phenoxy) is 1. The summed E-state index contributed by atoms with van der Waals surface area (Å²) in [4.78, 5) is 49.2. The molecule has 0 aromatic heterocycles. The molecular formula is C25H49N3O7Si. The first-order valence-corrected chi connectivity index (χ1v) is 15.6. The summed E-state index contributed by atoms with van der Waals surface area (Å²) < 4.78 is 11.5. The Bertz CT molecular complexity index is 758. The number of nitrogens with one attached hydrogen (secondary N) is 3. The third-order valence-electron chi connectivity index (χ3n) is 6.06. The molecule has 0 bridgehead atoms. The van der Waals surface area contributed by atoms with E-state index in [1.165, 1.54) is 0 Å². The molecule has 0 aromatic rings. The highest BCUT2D eigenvalue weighted by molar-refractivity contribution is 6.74. The van der Waals surface area contributed by atoms with Crippen molar-refractivity contribution in [3.63, 3.8) is 0 Å². The van der Waals surface area contributed by atoms with Gasteiger partial charge in [-0.05, 0) is 65.1 Å². The van der Waals surface area contributed by atoms with E-state index in [1.807, 2.05) is 13.1 Å². The van der Waals surface area contributed by atoms with Gasteiger partial charge in [-0.1, -0.05) is 34.6 Å². The fourth-order valence-electron chi connectivity index (χ4n) is 2.92. The molecule has 0 saturated heterocycles. The summed E-state index contributed by atoms with van der Waals surface area (Å²) in [5.41, 5.74) is -0.601. The molecule has 0 radical (unpaired) electrons. The van der Waals surface area contributed by atoms with Gasteiger partial charge in [0.05, 0.1) is 6.10 Å². The summed E-state index contributed by atoms with van der Waals surface area (Å²) in [6, 6.07) is -2.18. The number of hydrogen-bond acceptors (Lipinski definition) is 6. The van der Waals surface area contributed by atoms with Crippen LogP contribution in [0.3, 0.4) is 0 Å². The predicted molar refractivity (Wildman–Crippen MR) is 142 cm³/mol. The number of unbranched alkanes of at least 4 members (excludes halogenated alkanes) is 1. The Morgan fingerprint density at radius 3 is 1.89 bits per heavy atom. The molecule has 0 saturated carbocycles. The molecule has 0 spiro atoms. The smallest absolute Gasteiger partial charge is 0.407 e. The quantitative estimate of drug-likeness (QED) is 0.209. The molecule has 4 N–H and O–H groups in total. The SMILES string of the molecule is CC(C)C(=O)N[C@H](C(=O)NC(CCCCNC(=O)OC(C)(C)C)C(=O)O)[C@@H](C)O[Si](C)(C)C(C)(C)C. The molecule has 3 atom stereocenters. The zero-order chi connectivity index (χ0) is 28.5. The minimum Gasteiger partial charge on any atom is -0.480 e. The summed E-state index contributed by atoms with van der Waals surface area (Å²) in [7, 11) is -2.26. The van der Waals surface area contributed by atoms with Gasteiger partial charge in [-0.15, -0.1) is 0 Å². The summed E-state index contributed by atoms with van der Waals surface area (Å²) in [6.45, 7) is 21.1. The lowest BCUT2D eigenvalue weighted by molar-refractivity contribution is -0.143. The molecule has 0 aliphatic rings. The normalized spacial score (nSPS) is 15.0. The van der Waals surface area contributed by atoms with Gasteiger partial charge in [0.25, 0.3) is 0 Å². The Balaban J connectivity index is 5.22. The van der Waals surface area contributed by atoms with Crippen molar-refractivity contribution in [2.24, 2.45) is 5.92 Å². The largest absolute Gasteiger partial charge is 0.480 e. The van der Waals surface area contributed by atoms with Gasteiger partial charge in [-0.3, -0.25) is 9.59 Å². The highest BCUT2D eigenvalue weighted by Gasteiger charge is 2.41. The predicted octanol–water partition coefficient (Wildman–Crippen LogP) is 3.80. The molecule has 11 heteroatoms. The molecule has 3 amide bonds. The number of hydrogen-bond donors (Lipinski definition) is 4. The minimum absolute atomic E-state index is 0.110. The zero-order valence-electron chi connectivity index (χ0n) is 24.0. The minimum atomic E-state index is -2.26.